The number of likely N-dealkylation sites (tertiary alicyclic amines) is 1. The van der Waals surface area contributed by atoms with E-state index < -0.39 is 0 Å². The lowest BCUT2D eigenvalue weighted by Crippen LogP contribution is -2.36. The van der Waals surface area contributed by atoms with Gasteiger partial charge in [-0.05, 0) is 44.4 Å². The minimum atomic E-state index is -0.372. The van der Waals surface area contributed by atoms with E-state index in [4.69, 9.17) is 9.47 Å². The fourth-order valence-electron chi connectivity index (χ4n) is 3.56. The van der Waals surface area contributed by atoms with Gasteiger partial charge in [0.05, 0.1) is 25.2 Å². The lowest BCUT2D eigenvalue weighted by atomic mass is 9.92. The number of methoxy groups -OCH3 is 1. The molecule has 0 bridgehead atoms. The molecule has 0 spiro atoms. The molecule has 0 aromatic heterocycles. The molecule has 2 amide bonds. The van der Waals surface area contributed by atoms with Crippen LogP contribution in [0.1, 0.15) is 58.1 Å². The van der Waals surface area contributed by atoms with E-state index in [1.807, 2.05) is 43.0 Å². The smallest absolute Gasteiger partial charge is 0.226 e. The molecule has 156 valence electrons. The summed E-state index contributed by atoms with van der Waals surface area (Å²) in [6, 6.07) is 7.45. The van der Waals surface area contributed by atoms with Crippen molar-refractivity contribution in [2.24, 2.45) is 5.92 Å². The first-order valence-electron chi connectivity index (χ1n) is 10.3. The van der Waals surface area contributed by atoms with Gasteiger partial charge in [-0.25, -0.2) is 0 Å². The van der Waals surface area contributed by atoms with E-state index in [9.17, 15) is 9.59 Å². The van der Waals surface area contributed by atoms with Crippen molar-refractivity contribution >= 4 is 11.8 Å². The zero-order valence-corrected chi connectivity index (χ0v) is 17.6. The Labute approximate surface area is 168 Å². The first kappa shape index (κ1) is 22.2. The number of hydrogen-bond acceptors (Lipinski definition) is 4. The summed E-state index contributed by atoms with van der Waals surface area (Å²) in [6.07, 6.45) is 3.15. The molecule has 28 heavy (non-hydrogen) atoms. The Bertz CT molecular complexity index is 630. The summed E-state index contributed by atoms with van der Waals surface area (Å²) >= 11 is 0. The van der Waals surface area contributed by atoms with Crippen LogP contribution < -0.4 is 10.1 Å². The summed E-state index contributed by atoms with van der Waals surface area (Å²) in [5.41, 5.74) is 0.978. The van der Waals surface area contributed by atoms with Gasteiger partial charge in [-0.15, -0.1) is 0 Å². The molecule has 1 saturated heterocycles. The second-order valence-electron chi connectivity index (χ2n) is 7.53. The van der Waals surface area contributed by atoms with E-state index in [0.717, 1.165) is 30.6 Å². The monoisotopic (exact) mass is 390 g/mol. The van der Waals surface area contributed by atoms with E-state index in [1.165, 1.54) is 0 Å². The maximum atomic E-state index is 12.9. The largest absolute Gasteiger partial charge is 0.497 e. The number of hydrogen-bond donors (Lipinski definition) is 1. The Hall–Kier alpha value is -2.08. The van der Waals surface area contributed by atoms with Crippen molar-refractivity contribution in [3.05, 3.63) is 29.8 Å². The van der Waals surface area contributed by atoms with Crippen LogP contribution >= 0.6 is 0 Å². The molecule has 1 aromatic carbocycles. The van der Waals surface area contributed by atoms with Gasteiger partial charge in [0, 0.05) is 26.1 Å². The number of ether oxygens (including phenoxy) is 2. The zero-order chi connectivity index (χ0) is 20.5. The molecule has 0 aliphatic carbocycles. The van der Waals surface area contributed by atoms with Crippen molar-refractivity contribution in [1.29, 1.82) is 0 Å². The summed E-state index contributed by atoms with van der Waals surface area (Å²) in [5.74, 6) is 0.387. The topological polar surface area (TPSA) is 67.9 Å². The average molecular weight is 391 g/mol. The van der Waals surface area contributed by atoms with Crippen molar-refractivity contribution in [3.8, 4) is 5.75 Å². The lowest BCUT2D eigenvalue weighted by molar-refractivity contribution is -0.129. The van der Waals surface area contributed by atoms with Gasteiger partial charge in [0.1, 0.15) is 5.75 Å². The number of carbonyl (C=O) groups excluding carboxylic acids is 2. The van der Waals surface area contributed by atoms with E-state index in [-0.39, 0.29) is 36.3 Å². The molecule has 0 radical (unpaired) electrons. The molecule has 1 fully saturated rings. The van der Waals surface area contributed by atoms with Gasteiger partial charge in [-0.1, -0.05) is 25.5 Å². The predicted octanol–water partition coefficient (Wildman–Crippen LogP) is 3.32. The number of carbonyl (C=O) groups is 2. The Morgan fingerprint density at radius 3 is 2.57 bits per heavy atom. The van der Waals surface area contributed by atoms with E-state index >= 15 is 0 Å². The molecule has 1 heterocycles. The fraction of sp³-hybridized carbons (Fsp3) is 0.636. The highest BCUT2D eigenvalue weighted by molar-refractivity contribution is 5.90. The summed E-state index contributed by atoms with van der Waals surface area (Å²) < 4.78 is 10.8. The third-order valence-electron chi connectivity index (χ3n) is 5.05. The van der Waals surface area contributed by atoms with Crippen molar-refractivity contribution < 1.29 is 19.1 Å². The van der Waals surface area contributed by atoms with E-state index in [2.05, 4.69) is 12.2 Å². The summed E-state index contributed by atoms with van der Waals surface area (Å²) in [6.45, 7) is 7.94. The van der Waals surface area contributed by atoms with Crippen LogP contribution in [0.15, 0.2) is 24.3 Å². The number of nitrogens with one attached hydrogen (secondary N) is 1. The van der Waals surface area contributed by atoms with Crippen molar-refractivity contribution in [3.63, 3.8) is 0 Å². The van der Waals surface area contributed by atoms with Crippen LogP contribution in [0.2, 0.25) is 0 Å². The molecular weight excluding hydrogens is 356 g/mol. The highest BCUT2D eigenvalue weighted by atomic mass is 16.5. The summed E-state index contributed by atoms with van der Waals surface area (Å²) in [5, 5.41) is 3.00. The minimum absolute atomic E-state index is 0.0533. The van der Waals surface area contributed by atoms with Crippen molar-refractivity contribution in [1.82, 2.24) is 10.2 Å². The Kier molecular flexibility index (Phi) is 8.77. The number of nitrogens with zero attached hydrogens (tertiary/aromatic N) is 1. The van der Waals surface area contributed by atoms with Gasteiger partial charge in [0.25, 0.3) is 0 Å². The molecule has 0 saturated carbocycles. The molecule has 0 unspecified atom stereocenters. The van der Waals surface area contributed by atoms with Gasteiger partial charge in [0.2, 0.25) is 11.8 Å². The maximum Gasteiger partial charge on any atom is 0.226 e. The van der Waals surface area contributed by atoms with E-state index in [0.29, 0.717) is 19.7 Å². The maximum absolute atomic E-state index is 12.9. The zero-order valence-electron chi connectivity index (χ0n) is 17.6. The molecule has 6 nitrogen and oxygen atoms in total. The standard InChI is InChI=1S/C22H34N2O4/c1-5-6-13-24-20(25)15-19(22(26)23-12-7-14-28-16(2)3)21(24)17-8-10-18(27-4)11-9-17/h8-11,16,19,21H,5-7,12-15H2,1-4H3,(H,23,26)/t19-,21+/m1/s1. The van der Waals surface area contributed by atoms with Crippen molar-refractivity contribution in [2.75, 3.05) is 26.8 Å². The van der Waals surface area contributed by atoms with Gasteiger partial charge in [-0.3, -0.25) is 9.59 Å². The van der Waals surface area contributed by atoms with Gasteiger partial charge in [0.15, 0.2) is 0 Å². The van der Waals surface area contributed by atoms with Crippen LogP contribution in [0.4, 0.5) is 0 Å². The quantitative estimate of drug-likeness (QED) is 0.589. The van der Waals surface area contributed by atoms with Crippen LogP contribution in [-0.2, 0) is 14.3 Å². The molecule has 2 atom stereocenters. The van der Waals surface area contributed by atoms with Crippen LogP contribution in [0.25, 0.3) is 0 Å². The van der Waals surface area contributed by atoms with Crippen LogP contribution in [0.5, 0.6) is 5.75 Å². The molecule has 2 rings (SSSR count). The lowest BCUT2D eigenvalue weighted by Gasteiger charge is -2.28. The molecular formula is C22H34N2O4. The van der Waals surface area contributed by atoms with Crippen LogP contribution in [0.3, 0.4) is 0 Å². The highest BCUT2D eigenvalue weighted by Crippen LogP contribution is 2.39. The van der Waals surface area contributed by atoms with Gasteiger partial charge < -0.3 is 19.7 Å². The second kappa shape index (κ2) is 11.1. The third kappa shape index (κ3) is 5.96. The third-order valence-corrected chi connectivity index (χ3v) is 5.05. The van der Waals surface area contributed by atoms with Gasteiger partial charge >= 0.3 is 0 Å². The first-order valence-corrected chi connectivity index (χ1v) is 10.3. The van der Waals surface area contributed by atoms with E-state index in [1.54, 1.807) is 7.11 Å². The number of unbranched alkanes of at least 4 members (excludes halogenated alkanes) is 1. The number of benzene rings is 1. The molecule has 1 N–H and O–H groups in total. The Morgan fingerprint density at radius 1 is 1.25 bits per heavy atom. The summed E-state index contributed by atoms with van der Waals surface area (Å²) in [4.78, 5) is 27.4. The molecule has 1 aliphatic heterocycles. The average Bonchev–Trinajstić information content (AvgIpc) is 3.02. The van der Waals surface area contributed by atoms with Crippen LogP contribution in [0, 0.1) is 5.92 Å². The second-order valence-corrected chi connectivity index (χ2v) is 7.53. The predicted molar refractivity (Wildman–Crippen MR) is 109 cm³/mol. The Morgan fingerprint density at radius 2 is 1.96 bits per heavy atom. The molecule has 1 aliphatic rings. The fourth-order valence-corrected chi connectivity index (χ4v) is 3.56. The highest BCUT2D eigenvalue weighted by Gasteiger charge is 2.43. The van der Waals surface area contributed by atoms with Crippen LogP contribution in [-0.4, -0.2) is 49.6 Å². The minimum Gasteiger partial charge on any atom is -0.497 e. The van der Waals surface area contributed by atoms with Crippen molar-refractivity contribution in [2.45, 2.75) is 58.6 Å². The number of amides is 2. The first-order chi connectivity index (χ1) is 13.5. The molecule has 6 heteroatoms. The SMILES string of the molecule is CCCCN1C(=O)C[C@@H](C(=O)NCCCOC(C)C)[C@@H]1c1ccc(OC)cc1. The number of rotatable bonds is 11. The summed E-state index contributed by atoms with van der Waals surface area (Å²) in [7, 11) is 1.63. The Balaban J connectivity index is 2.08. The van der Waals surface area contributed by atoms with Gasteiger partial charge in [-0.2, -0.15) is 0 Å². The normalized spacial score (nSPS) is 19.3. The molecule has 1 aromatic rings.